The Kier molecular flexibility index (Phi) is 6.40. The molecule has 20 heavy (non-hydrogen) atoms. The zero-order chi connectivity index (χ0) is 15.3. The molecule has 0 saturated carbocycles. The highest BCUT2D eigenvalue weighted by molar-refractivity contribution is 7.80. The number of rotatable bonds is 6. The number of carbonyl (C=O) groups excluding carboxylic acids is 1. The summed E-state index contributed by atoms with van der Waals surface area (Å²) in [6, 6.07) is 0.588. The number of hydrogen-bond acceptors (Lipinski definition) is 3. The van der Waals surface area contributed by atoms with Gasteiger partial charge >= 0.3 is 0 Å². The van der Waals surface area contributed by atoms with Crippen LogP contribution in [0, 0.1) is 5.41 Å². The van der Waals surface area contributed by atoms with Crippen molar-refractivity contribution in [3.63, 3.8) is 0 Å². The van der Waals surface area contributed by atoms with Gasteiger partial charge in [0, 0.05) is 32.2 Å². The van der Waals surface area contributed by atoms with Crippen molar-refractivity contribution in [1.82, 2.24) is 9.80 Å². The molecule has 0 aliphatic carbocycles. The predicted octanol–water partition coefficient (Wildman–Crippen LogP) is 2.02. The molecule has 1 saturated heterocycles. The minimum absolute atomic E-state index is 0.124. The number of thiocarbonyl (C=S) groups is 1. The van der Waals surface area contributed by atoms with E-state index in [0.717, 1.165) is 32.6 Å². The molecule has 1 fully saturated rings. The molecule has 4 nitrogen and oxygen atoms in total. The number of nitrogens with zero attached hydrogens (tertiary/aromatic N) is 2. The number of nitrogens with two attached hydrogens (primary N) is 1. The van der Waals surface area contributed by atoms with Crippen LogP contribution in [0.25, 0.3) is 0 Å². The van der Waals surface area contributed by atoms with Gasteiger partial charge in [-0.2, -0.15) is 0 Å². The first-order valence-corrected chi connectivity index (χ1v) is 8.17. The molecule has 0 radical (unpaired) electrons. The van der Waals surface area contributed by atoms with E-state index in [9.17, 15) is 4.79 Å². The van der Waals surface area contributed by atoms with Crippen molar-refractivity contribution in [1.29, 1.82) is 0 Å². The van der Waals surface area contributed by atoms with E-state index in [0.29, 0.717) is 23.9 Å². The summed E-state index contributed by atoms with van der Waals surface area (Å²) in [5.74, 6) is 0.124. The summed E-state index contributed by atoms with van der Waals surface area (Å²) in [7, 11) is 0. The van der Waals surface area contributed by atoms with Gasteiger partial charge in [0.1, 0.15) is 0 Å². The van der Waals surface area contributed by atoms with Crippen molar-refractivity contribution >= 4 is 23.1 Å². The molecule has 116 valence electrons. The maximum absolute atomic E-state index is 12.8. The lowest BCUT2D eigenvalue weighted by Crippen LogP contribution is -2.57. The Labute approximate surface area is 128 Å². The van der Waals surface area contributed by atoms with Crippen molar-refractivity contribution in [2.24, 2.45) is 11.1 Å². The Morgan fingerprint density at radius 3 is 2.05 bits per heavy atom. The molecule has 1 atom stereocenters. The van der Waals surface area contributed by atoms with Crippen LogP contribution in [0.2, 0.25) is 0 Å². The van der Waals surface area contributed by atoms with Gasteiger partial charge in [0.05, 0.1) is 10.4 Å². The molecule has 0 bridgehead atoms. The maximum Gasteiger partial charge on any atom is 0.235 e. The average molecular weight is 299 g/mol. The molecule has 0 aromatic carbocycles. The van der Waals surface area contributed by atoms with Gasteiger partial charge in [0.15, 0.2) is 0 Å². The zero-order valence-electron chi connectivity index (χ0n) is 13.3. The first-order chi connectivity index (χ1) is 9.42. The Hall–Kier alpha value is -0.680. The number of carbonyl (C=O) groups is 1. The van der Waals surface area contributed by atoms with E-state index in [-0.39, 0.29) is 5.91 Å². The number of amides is 1. The largest absolute Gasteiger partial charge is 0.392 e. The minimum Gasteiger partial charge on any atom is -0.392 e. The summed E-state index contributed by atoms with van der Waals surface area (Å²) in [4.78, 5) is 17.6. The number of hydrogen-bond donors (Lipinski definition) is 1. The van der Waals surface area contributed by atoms with E-state index in [1.165, 1.54) is 0 Å². The maximum atomic E-state index is 12.8. The molecule has 1 amide bonds. The molecule has 1 unspecified atom stereocenters. The lowest BCUT2D eigenvalue weighted by molar-refractivity contribution is -0.140. The van der Waals surface area contributed by atoms with Crippen molar-refractivity contribution in [2.45, 2.75) is 53.0 Å². The number of piperazine rings is 1. The molecule has 0 aromatic heterocycles. The average Bonchev–Trinajstić information content (AvgIpc) is 2.48. The van der Waals surface area contributed by atoms with Crippen LogP contribution in [0.5, 0.6) is 0 Å². The molecular weight excluding hydrogens is 270 g/mol. The first-order valence-electron chi connectivity index (χ1n) is 7.76. The summed E-state index contributed by atoms with van der Waals surface area (Å²) >= 11 is 5.18. The molecule has 1 aliphatic rings. The quantitative estimate of drug-likeness (QED) is 0.762. The van der Waals surface area contributed by atoms with Crippen LogP contribution < -0.4 is 5.73 Å². The Bertz CT molecular complexity index is 347. The third kappa shape index (κ3) is 3.31. The highest BCUT2D eigenvalue weighted by Crippen LogP contribution is 2.30. The summed E-state index contributed by atoms with van der Waals surface area (Å²) in [5, 5.41) is 0. The first kappa shape index (κ1) is 17.4. The molecule has 0 spiro atoms. The Morgan fingerprint density at radius 1 is 1.20 bits per heavy atom. The molecule has 0 aromatic rings. The van der Waals surface area contributed by atoms with E-state index in [4.69, 9.17) is 18.0 Å². The second-order valence-electron chi connectivity index (χ2n) is 5.74. The highest BCUT2D eigenvalue weighted by atomic mass is 32.1. The van der Waals surface area contributed by atoms with Gasteiger partial charge in [-0.3, -0.25) is 9.69 Å². The van der Waals surface area contributed by atoms with E-state index in [1.807, 2.05) is 18.7 Å². The van der Waals surface area contributed by atoms with E-state index in [2.05, 4.69) is 18.7 Å². The molecule has 2 N–H and O–H groups in total. The highest BCUT2D eigenvalue weighted by Gasteiger charge is 2.41. The second kappa shape index (κ2) is 7.36. The van der Waals surface area contributed by atoms with Crippen molar-refractivity contribution in [2.75, 3.05) is 26.2 Å². The van der Waals surface area contributed by atoms with Crippen LogP contribution in [0.3, 0.4) is 0 Å². The standard InChI is InChI=1S/C15H29N3OS/c1-5-12(4)17-8-10-18(11-9-17)14(19)15(6-2,7-3)13(16)20/h12H,5-11H2,1-4H3,(H2,16,20). The van der Waals surface area contributed by atoms with Crippen LogP contribution in [0.15, 0.2) is 0 Å². The third-order valence-electron chi connectivity index (χ3n) is 4.90. The van der Waals surface area contributed by atoms with Crippen LogP contribution in [0.4, 0.5) is 0 Å². The van der Waals surface area contributed by atoms with Gasteiger partial charge in [-0.1, -0.05) is 33.0 Å². The predicted molar refractivity (Wildman–Crippen MR) is 87.7 cm³/mol. The van der Waals surface area contributed by atoms with E-state index in [1.54, 1.807) is 0 Å². The van der Waals surface area contributed by atoms with Crippen LogP contribution in [-0.2, 0) is 4.79 Å². The Balaban J connectivity index is 2.73. The van der Waals surface area contributed by atoms with Crippen molar-refractivity contribution < 1.29 is 4.79 Å². The van der Waals surface area contributed by atoms with Crippen LogP contribution in [0.1, 0.15) is 47.0 Å². The molecule has 1 rings (SSSR count). The lowest BCUT2D eigenvalue weighted by Gasteiger charge is -2.41. The molecule has 1 aliphatic heterocycles. The summed E-state index contributed by atoms with van der Waals surface area (Å²) in [6.07, 6.45) is 2.52. The Morgan fingerprint density at radius 2 is 1.70 bits per heavy atom. The normalized spacial score (nSPS) is 18.9. The fourth-order valence-electron chi connectivity index (χ4n) is 2.93. The van der Waals surface area contributed by atoms with E-state index < -0.39 is 5.41 Å². The monoisotopic (exact) mass is 299 g/mol. The summed E-state index contributed by atoms with van der Waals surface area (Å²) in [6.45, 7) is 11.9. The van der Waals surface area contributed by atoms with Gasteiger partial charge in [0.2, 0.25) is 5.91 Å². The van der Waals surface area contributed by atoms with Gasteiger partial charge in [-0.25, -0.2) is 0 Å². The fourth-order valence-corrected chi connectivity index (χ4v) is 3.31. The van der Waals surface area contributed by atoms with Crippen LogP contribution >= 0.6 is 12.2 Å². The second-order valence-corrected chi connectivity index (χ2v) is 6.18. The van der Waals surface area contributed by atoms with Gasteiger partial charge in [-0.15, -0.1) is 0 Å². The smallest absolute Gasteiger partial charge is 0.235 e. The SMILES string of the molecule is CCC(C)N1CCN(C(=O)C(CC)(CC)C(N)=S)CC1. The molecule has 5 heteroatoms. The third-order valence-corrected chi connectivity index (χ3v) is 5.29. The topological polar surface area (TPSA) is 49.6 Å². The summed E-state index contributed by atoms with van der Waals surface area (Å²) in [5.41, 5.74) is 5.23. The molecule has 1 heterocycles. The van der Waals surface area contributed by atoms with Gasteiger partial charge in [0.25, 0.3) is 0 Å². The van der Waals surface area contributed by atoms with Crippen molar-refractivity contribution in [3.8, 4) is 0 Å². The van der Waals surface area contributed by atoms with E-state index >= 15 is 0 Å². The van der Waals surface area contributed by atoms with Crippen molar-refractivity contribution in [3.05, 3.63) is 0 Å². The zero-order valence-corrected chi connectivity index (χ0v) is 14.1. The molecular formula is C15H29N3OS. The fraction of sp³-hybridized carbons (Fsp3) is 0.867. The van der Waals surface area contributed by atoms with Gasteiger partial charge < -0.3 is 10.6 Å². The van der Waals surface area contributed by atoms with Crippen LogP contribution in [-0.4, -0.2) is 52.9 Å². The lowest BCUT2D eigenvalue weighted by atomic mass is 9.80. The summed E-state index contributed by atoms with van der Waals surface area (Å²) < 4.78 is 0. The van der Waals surface area contributed by atoms with Gasteiger partial charge in [-0.05, 0) is 26.2 Å². The minimum atomic E-state index is -0.645.